The number of aromatic nitrogens is 2. The fourth-order valence-corrected chi connectivity index (χ4v) is 10.2. The average Bonchev–Trinajstić information content (AvgIpc) is 3.94. The van der Waals surface area contributed by atoms with Gasteiger partial charge in [-0.25, -0.2) is 19.6 Å². The molecule has 16 heteroatoms. The standard InChI is InChI=1S/C55H46F6N4O6/c1-7-64(43-17-9-29(3)21-31(43)5)37-15-11-33-23-39(51(66)70-47(33)27-37)49-62-41-25-35(13-19-45(41)68-49)53(54(56,57)58,55(59,60)61)36-14-20-46-42(26-36)63-50(69-46)40-24-34-12-16-38(28-48(34)71-52(40)67)65(8-2)44-18-10-30(4)22-32(44)6/h11-16,19-28H,7-10,17-18H2,1-6H3. The van der Waals surface area contributed by atoms with Crippen molar-refractivity contribution < 1.29 is 44.0 Å². The summed E-state index contributed by atoms with van der Waals surface area (Å²) in [6.45, 7) is 13.6. The first-order valence-corrected chi connectivity index (χ1v) is 23.2. The van der Waals surface area contributed by atoms with E-state index in [1.807, 2.05) is 26.0 Å². The highest BCUT2D eigenvalue weighted by Crippen LogP contribution is 2.57. The average molecular weight is 973 g/mol. The second-order valence-corrected chi connectivity index (χ2v) is 18.2. The van der Waals surface area contributed by atoms with E-state index in [0.29, 0.717) is 48.1 Å². The minimum absolute atomic E-state index is 0.176. The third-order valence-electron chi connectivity index (χ3n) is 13.6. The molecule has 0 fully saturated rings. The van der Waals surface area contributed by atoms with E-state index in [0.717, 1.165) is 71.7 Å². The maximum atomic E-state index is 15.5. The van der Waals surface area contributed by atoms with Crippen molar-refractivity contribution in [1.29, 1.82) is 0 Å². The van der Waals surface area contributed by atoms with Gasteiger partial charge in [0.05, 0.1) is 0 Å². The number of hydrogen-bond donors (Lipinski definition) is 0. The molecule has 0 saturated carbocycles. The summed E-state index contributed by atoms with van der Waals surface area (Å²) in [5.41, 5.74) is -1.03. The number of halogens is 6. The molecule has 71 heavy (non-hydrogen) atoms. The van der Waals surface area contributed by atoms with Crippen LogP contribution >= 0.6 is 0 Å². The third kappa shape index (κ3) is 8.02. The molecule has 0 aliphatic heterocycles. The number of allylic oxidation sites excluding steroid dienone is 8. The van der Waals surface area contributed by atoms with Crippen LogP contribution in [0.4, 0.5) is 37.7 Å². The zero-order chi connectivity index (χ0) is 50.3. The second kappa shape index (κ2) is 17.4. The normalized spacial score (nSPS) is 15.1. The Balaban J connectivity index is 0.995. The summed E-state index contributed by atoms with van der Waals surface area (Å²) >= 11 is 0. The van der Waals surface area contributed by atoms with Crippen LogP contribution in [0.5, 0.6) is 0 Å². The number of hydrogen-bond acceptors (Lipinski definition) is 10. The van der Waals surface area contributed by atoms with Gasteiger partial charge in [0.2, 0.25) is 17.2 Å². The number of alkyl halides is 6. The molecule has 2 aliphatic rings. The van der Waals surface area contributed by atoms with Crippen LogP contribution in [0, 0.1) is 0 Å². The fraction of sp³-hybridized carbons (Fsp3) is 0.273. The van der Waals surface area contributed by atoms with Crippen LogP contribution in [0.3, 0.4) is 0 Å². The molecule has 0 unspecified atom stereocenters. The van der Waals surface area contributed by atoms with Gasteiger partial charge in [-0.2, -0.15) is 26.3 Å². The molecule has 10 nitrogen and oxygen atoms in total. The quantitative estimate of drug-likeness (QED) is 0.0968. The van der Waals surface area contributed by atoms with Gasteiger partial charge in [-0.1, -0.05) is 35.4 Å². The van der Waals surface area contributed by atoms with Gasteiger partial charge in [-0.15, -0.1) is 0 Å². The molecule has 0 N–H and O–H groups in total. The molecule has 364 valence electrons. The predicted molar refractivity (Wildman–Crippen MR) is 261 cm³/mol. The maximum Gasteiger partial charge on any atom is 0.411 e. The van der Waals surface area contributed by atoms with Crippen molar-refractivity contribution in [2.75, 3.05) is 22.9 Å². The van der Waals surface area contributed by atoms with Crippen LogP contribution < -0.4 is 21.1 Å². The first-order valence-electron chi connectivity index (χ1n) is 23.2. The van der Waals surface area contributed by atoms with Gasteiger partial charge in [0, 0.05) is 58.8 Å². The molecule has 0 saturated heterocycles. The summed E-state index contributed by atoms with van der Waals surface area (Å²) in [6, 6.07) is 18.1. The van der Waals surface area contributed by atoms with Gasteiger partial charge in [0.1, 0.15) is 33.3 Å². The lowest BCUT2D eigenvalue weighted by atomic mass is 9.72. The van der Waals surface area contributed by atoms with Crippen molar-refractivity contribution in [3.05, 3.63) is 163 Å². The summed E-state index contributed by atoms with van der Waals surface area (Å²) in [5.74, 6) is -0.723. The Morgan fingerprint density at radius 2 is 0.915 bits per heavy atom. The summed E-state index contributed by atoms with van der Waals surface area (Å²) in [6.07, 6.45) is -4.13. The van der Waals surface area contributed by atoms with Crippen LogP contribution in [-0.2, 0) is 5.41 Å². The molecule has 0 radical (unpaired) electrons. The molecule has 2 aliphatic carbocycles. The van der Waals surface area contributed by atoms with Crippen LogP contribution in [-0.4, -0.2) is 35.4 Å². The number of fused-ring (bicyclic) bond motifs is 4. The molecule has 4 aromatic heterocycles. The Kier molecular flexibility index (Phi) is 11.5. The lowest BCUT2D eigenvalue weighted by molar-refractivity contribution is -0.288. The van der Waals surface area contributed by atoms with E-state index in [1.165, 1.54) is 23.3 Å². The smallest absolute Gasteiger partial charge is 0.411 e. The highest BCUT2D eigenvalue weighted by atomic mass is 19.4. The summed E-state index contributed by atoms with van der Waals surface area (Å²) in [4.78, 5) is 39.7. The molecular weight excluding hydrogens is 927 g/mol. The minimum atomic E-state index is -5.98. The maximum absolute atomic E-state index is 15.5. The van der Waals surface area contributed by atoms with Crippen LogP contribution in [0.1, 0.15) is 78.4 Å². The summed E-state index contributed by atoms with van der Waals surface area (Å²) < 4.78 is 116. The number of rotatable bonds is 10. The van der Waals surface area contributed by atoms with Crippen molar-refractivity contribution in [3.8, 4) is 22.9 Å². The van der Waals surface area contributed by atoms with Gasteiger partial charge < -0.3 is 27.5 Å². The van der Waals surface area contributed by atoms with Crippen molar-refractivity contribution in [2.24, 2.45) is 0 Å². The first kappa shape index (κ1) is 47.1. The predicted octanol–water partition coefficient (Wildman–Crippen LogP) is 14.6. The Hall–Kier alpha value is -7.62. The van der Waals surface area contributed by atoms with E-state index < -0.39 is 40.1 Å². The van der Waals surface area contributed by atoms with Crippen molar-refractivity contribution in [3.63, 3.8) is 0 Å². The SMILES string of the molecule is CCN(C1=C(C)C=C(C)CC1)c1ccc2cc(-c3nc4cc(C(c5ccc6oc(-c7cc8ccc(N(CC)C9=C(C)C=C(C)CC9)cc8oc7=O)nc6c5)(C(F)(F)F)C(F)(F)F)ccc4o3)c(=O)oc2c1. The Morgan fingerprint density at radius 1 is 0.507 bits per heavy atom. The summed E-state index contributed by atoms with van der Waals surface area (Å²) in [7, 11) is 0. The molecule has 0 amide bonds. The van der Waals surface area contributed by atoms with E-state index in [-0.39, 0.29) is 56.3 Å². The lowest BCUT2D eigenvalue weighted by Crippen LogP contribution is -2.54. The largest absolute Gasteiger partial charge is 0.436 e. The molecule has 10 rings (SSSR count). The zero-order valence-electron chi connectivity index (χ0n) is 39.5. The number of nitrogens with zero attached hydrogens (tertiary/aromatic N) is 4. The van der Waals surface area contributed by atoms with Crippen LogP contribution in [0.15, 0.2) is 158 Å². The molecule has 8 aromatic rings. The minimum Gasteiger partial charge on any atom is -0.436 e. The third-order valence-corrected chi connectivity index (χ3v) is 13.6. The number of oxazole rings is 2. The van der Waals surface area contributed by atoms with Crippen molar-refractivity contribution >= 4 is 55.5 Å². The van der Waals surface area contributed by atoms with Gasteiger partial charge in [-0.3, -0.25) is 0 Å². The number of benzene rings is 4. The molecule has 4 aromatic carbocycles. The molecule has 0 atom stereocenters. The van der Waals surface area contributed by atoms with E-state index in [2.05, 4.69) is 59.6 Å². The molecule has 0 bridgehead atoms. The van der Waals surface area contributed by atoms with E-state index in [1.54, 1.807) is 24.3 Å². The van der Waals surface area contributed by atoms with E-state index in [9.17, 15) is 9.59 Å². The monoisotopic (exact) mass is 972 g/mol. The second-order valence-electron chi connectivity index (χ2n) is 18.2. The topological polar surface area (TPSA) is 119 Å². The van der Waals surface area contributed by atoms with Crippen LogP contribution in [0.25, 0.3) is 67.0 Å². The van der Waals surface area contributed by atoms with Gasteiger partial charge >= 0.3 is 23.6 Å². The zero-order valence-corrected chi connectivity index (χ0v) is 39.5. The fourth-order valence-electron chi connectivity index (χ4n) is 10.2. The van der Waals surface area contributed by atoms with Crippen LogP contribution in [0.2, 0.25) is 0 Å². The first-order chi connectivity index (χ1) is 33.8. The molecule has 0 spiro atoms. The van der Waals surface area contributed by atoms with Crippen molar-refractivity contribution in [1.82, 2.24) is 9.97 Å². The molecule has 4 heterocycles. The summed E-state index contributed by atoms with van der Waals surface area (Å²) in [5, 5.41) is 0.967. The van der Waals surface area contributed by atoms with E-state index >= 15 is 26.3 Å². The van der Waals surface area contributed by atoms with E-state index in [4.69, 9.17) is 17.7 Å². The van der Waals surface area contributed by atoms with Gasteiger partial charge in [-0.05, 0) is 150 Å². The Bertz CT molecular complexity index is 3490. The highest BCUT2D eigenvalue weighted by molar-refractivity contribution is 5.87. The van der Waals surface area contributed by atoms with Gasteiger partial charge in [0.25, 0.3) is 0 Å². The highest BCUT2D eigenvalue weighted by Gasteiger charge is 2.72. The Morgan fingerprint density at radius 3 is 1.28 bits per heavy atom. The molecular formula is C55H46F6N4O6. The Labute approximate surface area is 401 Å². The number of anilines is 2. The lowest BCUT2D eigenvalue weighted by Gasteiger charge is -2.38. The van der Waals surface area contributed by atoms with Crippen molar-refractivity contribution in [2.45, 2.75) is 85.0 Å². The van der Waals surface area contributed by atoms with Gasteiger partial charge in [0.15, 0.2) is 11.2 Å².